The molecule has 1 aliphatic carbocycles. The zero-order valence-corrected chi connectivity index (χ0v) is 38.4. The number of aryl methyl sites for hydroxylation is 2. The molecule has 0 atom stereocenters. The Labute approximate surface area is 383 Å². The molecule has 3 amide bonds. The zero-order valence-electron chi connectivity index (χ0n) is 38.4. The molecule has 0 radical (unpaired) electrons. The lowest BCUT2D eigenvalue weighted by molar-refractivity contribution is -0.122. The number of amides is 3. The fraction of sp³-hybridized carbons (Fsp3) is 0.468. The predicted molar refractivity (Wildman–Crippen MR) is 252 cm³/mol. The van der Waals surface area contributed by atoms with Gasteiger partial charge in [0, 0.05) is 68.2 Å². The second kappa shape index (κ2) is 22.1. The molecule has 1 saturated carbocycles. The van der Waals surface area contributed by atoms with Crippen molar-refractivity contribution in [1.82, 2.24) is 39.5 Å². The van der Waals surface area contributed by atoms with Crippen LogP contribution in [0.2, 0.25) is 0 Å². The lowest BCUT2D eigenvalue weighted by Gasteiger charge is -2.35. The number of rotatable bonds is 20. The molecule has 1 aromatic carbocycles. The van der Waals surface area contributed by atoms with E-state index < -0.39 is 0 Å². The summed E-state index contributed by atoms with van der Waals surface area (Å²) in [7, 11) is 0. The molecule has 19 nitrogen and oxygen atoms in total. The van der Waals surface area contributed by atoms with E-state index in [0.29, 0.717) is 78.3 Å². The van der Waals surface area contributed by atoms with Gasteiger partial charge in [-0.1, -0.05) is 25.0 Å². The molecule has 1 aliphatic heterocycles. The second-order valence-electron chi connectivity index (χ2n) is 17.0. The van der Waals surface area contributed by atoms with Gasteiger partial charge < -0.3 is 35.6 Å². The first-order valence-corrected chi connectivity index (χ1v) is 22.7. The summed E-state index contributed by atoms with van der Waals surface area (Å²) in [5.74, 6) is 0.324. The molecule has 0 bridgehead atoms. The van der Waals surface area contributed by atoms with Gasteiger partial charge in [-0.15, -0.1) is 0 Å². The summed E-state index contributed by atoms with van der Waals surface area (Å²) in [5.41, 5.74) is 3.64. The number of ether oxygens (including phenoxy) is 2. The molecule has 66 heavy (non-hydrogen) atoms. The number of piperazine rings is 1. The molecule has 1 saturated heterocycles. The monoisotopic (exact) mass is 904 g/mol. The average Bonchev–Trinajstić information content (AvgIpc) is 3.96. The van der Waals surface area contributed by atoms with Crippen molar-refractivity contribution in [1.29, 1.82) is 0 Å². The highest BCUT2D eigenvalue weighted by atomic mass is 16.5. The number of pyridine rings is 2. The van der Waals surface area contributed by atoms with Gasteiger partial charge in [-0.3, -0.25) is 38.1 Å². The Morgan fingerprint density at radius 2 is 1.59 bits per heavy atom. The number of nitrogens with zero attached hydrogens (tertiary/aromatic N) is 8. The Kier molecular flexibility index (Phi) is 15.9. The van der Waals surface area contributed by atoms with E-state index in [2.05, 4.69) is 46.1 Å². The Morgan fingerprint density at radius 1 is 0.848 bits per heavy atom. The number of nitrogens with one attached hydrogen (secondary N) is 4. The number of aromatic nitrogens is 6. The second-order valence-corrected chi connectivity index (χ2v) is 17.0. The first kappa shape index (κ1) is 47.4. The van der Waals surface area contributed by atoms with Crippen molar-refractivity contribution in [2.24, 2.45) is 0 Å². The molecular formula is C47H60N12O7. The molecule has 2 fully saturated rings. The quantitative estimate of drug-likeness (QED) is 0.0584. The minimum absolute atomic E-state index is 0.00734. The lowest BCUT2D eigenvalue weighted by Crippen LogP contribution is -2.49. The summed E-state index contributed by atoms with van der Waals surface area (Å²) in [6.07, 6.45) is 7.35. The number of carbonyl (C=O) groups excluding carboxylic acids is 4. The molecule has 4 aromatic heterocycles. The first-order chi connectivity index (χ1) is 31.9. The van der Waals surface area contributed by atoms with E-state index >= 15 is 0 Å². The topological polar surface area (TPSA) is 220 Å². The smallest absolute Gasteiger partial charge is 0.263 e. The molecule has 5 aromatic rings. The van der Waals surface area contributed by atoms with E-state index in [1.165, 1.54) is 6.92 Å². The Balaban J connectivity index is 0.761. The normalized spacial score (nSPS) is 14.5. The van der Waals surface area contributed by atoms with E-state index in [1.54, 1.807) is 54.2 Å². The van der Waals surface area contributed by atoms with Crippen LogP contribution in [0.4, 0.5) is 29.0 Å². The van der Waals surface area contributed by atoms with Gasteiger partial charge in [0.15, 0.2) is 11.6 Å². The molecule has 19 heteroatoms. The number of benzene rings is 1. The van der Waals surface area contributed by atoms with Gasteiger partial charge in [0.25, 0.3) is 11.5 Å². The summed E-state index contributed by atoms with van der Waals surface area (Å²) in [6.45, 7) is 13.8. The van der Waals surface area contributed by atoms with Gasteiger partial charge >= 0.3 is 0 Å². The number of hydrogen-bond acceptors (Lipinski definition) is 14. The predicted octanol–water partition coefficient (Wildman–Crippen LogP) is 5.19. The summed E-state index contributed by atoms with van der Waals surface area (Å²) in [4.78, 5) is 82.6. The fourth-order valence-corrected chi connectivity index (χ4v) is 8.50. The molecule has 5 heterocycles. The van der Waals surface area contributed by atoms with Crippen molar-refractivity contribution in [2.45, 2.75) is 78.8 Å². The number of ketones is 1. The van der Waals surface area contributed by atoms with Gasteiger partial charge in [0.1, 0.15) is 11.5 Å². The Hall–Kier alpha value is -6.57. The third kappa shape index (κ3) is 11.8. The highest BCUT2D eigenvalue weighted by Crippen LogP contribution is 2.32. The van der Waals surface area contributed by atoms with Crippen molar-refractivity contribution in [3.63, 3.8) is 0 Å². The van der Waals surface area contributed by atoms with E-state index in [0.717, 1.165) is 50.2 Å². The highest BCUT2D eigenvalue weighted by Gasteiger charge is 2.26. The van der Waals surface area contributed by atoms with Crippen LogP contribution in [-0.4, -0.2) is 123 Å². The number of Topliss-reactive ketones (excluding diaryl/α,β-unsaturated/α-hetero) is 1. The van der Waals surface area contributed by atoms with Crippen LogP contribution in [0.1, 0.15) is 96.9 Å². The van der Waals surface area contributed by atoms with E-state index in [4.69, 9.17) is 14.5 Å². The molecule has 7 rings (SSSR count). The van der Waals surface area contributed by atoms with E-state index in [-0.39, 0.29) is 72.9 Å². The van der Waals surface area contributed by atoms with Gasteiger partial charge in [-0.25, -0.2) is 9.97 Å². The maximum Gasteiger partial charge on any atom is 0.263 e. The van der Waals surface area contributed by atoms with Crippen molar-refractivity contribution in [2.75, 3.05) is 86.5 Å². The summed E-state index contributed by atoms with van der Waals surface area (Å²) in [5, 5.41) is 16.8. The third-order valence-corrected chi connectivity index (χ3v) is 11.9. The molecule has 350 valence electrons. The van der Waals surface area contributed by atoms with Crippen LogP contribution in [-0.2, 0) is 19.1 Å². The van der Waals surface area contributed by atoms with Crippen LogP contribution >= 0.6 is 0 Å². The maximum absolute atomic E-state index is 13.6. The van der Waals surface area contributed by atoms with Crippen molar-refractivity contribution >= 4 is 63.5 Å². The van der Waals surface area contributed by atoms with Crippen molar-refractivity contribution in [3.8, 4) is 0 Å². The van der Waals surface area contributed by atoms with Crippen LogP contribution in [0.3, 0.4) is 0 Å². The minimum atomic E-state index is -0.373. The maximum atomic E-state index is 13.6. The number of carbonyl (C=O) groups is 4. The number of hydrogen-bond donors (Lipinski definition) is 4. The van der Waals surface area contributed by atoms with Crippen molar-refractivity contribution in [3.05, 3.63) is 87.6 Å². The average molecular weight is 905 g/mol. The van der Waals surface area contributed by atoms with Gasteiger partial charge in [-0.05, 0) is 77.3 Å². The third-order valence-electron chi connectivity index (χ3n) is 11.9. The molecule has 2 aliphatic rings. The van der Waals surface area contributed by atoms with Crippen LogP contribution in [0.15, 0.2) is 59.7 Å². The molecule has 4 N–H and O–H groups in total. The highest BCUT2D eigenvalue weighted by molar-refractivity contribution is 6.09. The fourth-order valence-electron chi connectivity index (χ4n) is 8.50. The molecule has 0 unspecified atom stereocenters. The first-order valence-electron chi connectivity index (χ1n) is 22.7. The standard InChI is InChI=1S/C47H60N12O7/c1-30(2)59-31(3)26-40(55-59)52-45(63)36-12-8-9-13-38(36)51-41(61)16-22-65-24-25-66-23-17-48-42(62)29-56-18-20-57(21-19-56)35-14-15-39(49-27-35)53-47-50-28-37-32(4)43(33(5)60)46(64)58(44(37)54-47)34-10-6-7-11-34/h8-9,12-15,26-28,30,34H,6-7,10-11,16-25,29H2,1-5H3,(H,48,62)(H,51,61)(H,52,55,63)(H,49,50,53,54). The zero-order chi connectivity index (χ0) is 46.7. The van der Waals surface area contributed by atoms with Gasteiger partial charge in [-0.2, -0.15) is 10.1 Å². The number of fused-ring (bicyclic) bond motifs is 1. The van der Waals surface area contributed by atoms with Crippen LogP contribution in [0.25, 0.3) is 11.0 Å². The molecular weight excluding hydrogens is 845 g/mol. The Morgan fingerprint density at radius 3 is 2.29 bits per heavy atom. The minimum Gasteiger partial charge on any atom is -0.379 e. The number of anilines is 5. The SMILES string of the molecule is CC(=O)c1c(C)c2cnc(Nc3ccc(N4CCN(CC(=O)NCCOCCOCCC(=O)Nc5ccccc5C(=O)Nc5cc(C)n(C(C)C)n5)CC4)cn3)nc2n(C2CCCC2)c1=O. The van der Waals surface area contributed by atoms with E-state index in [1.807, 2.05) is 37.6 Å². The summed E-state index contributed by atoms with van der Waals surface area (Å²) >= 11 is 0. The lowest BCUT2D eigenvalue weighted by atomic mass is 10.0. The largest absolute Gasteiger partial charge is 0.379 e. The summed E-state index contributed by atoms with van der Waals surface area (Å²) < 4.78 is 14.7. The van der Waals surface area contributed by atoms with Crippen LogP contribution in [0, 0.1) is 13.8 Å². The van der Waals surface area contributed by atoms with Gasteiger partial charge in [0.2, 0.25) is 17.8 Å². The van der Waals surface area contributed by atoms with Crippen molar-refractivity contribution < 1.29 is 28.7 Å². The summed E-state index contributed by atoms with van der Waals surface area (Å²) in [6, 6.07) is 12.6. The van der Waals surface area contributed by atoms with Crippen LogP contribution < -0.4 is 31.7 Å². The molecule has 0 spiro atoms. The number of para-hydroxylation sites is 1. The van der Waals surface area contributed by atoms with E-state index in [9.17, 15) is 24.0 Å². The van der Waals surface area contributed by atoms with Crippen LogP contribution in [0.5, 0.6) is 0 Å². The Bertz CT molecular complexity index is 2580. The van der Waals surface area contributed by atoms with Gasteiger partial charge in [0.05, 0.1) is 68.1 Å².